The van der Waals surface area contributed by atoms with Crippen molar-refractivity contribution in [2.24, 2.45) is 0 Å². The van der Waals surface area contributed by atoms with Gasteiger partial charge in [-0.2, -0.15) is 0 Å². The molecular weight excluding hydrogens is 230 g/mol. The predicted octanol–water partition coefficient (Wildman–Crippen LogP) is 1.61. The highest BCUT2D eigenvalue weighted by molar-refractivity contribution is 6.30. The van der Waals surface area contributed by atoms with Crippen LogP contribution in [0.4, 0.5) is 0 Å². The Morgan fingerprint density at radius 1 is 1.50 bits per heavy atom. The first-order valence-electron chi connectivity index (χ1n) is 4.80. The Balaban J connectivity index is 2.65. The van der Waals surface area contributed by atoms with Crippen molar-refractivity contribution in [1.82, 2.24) is 5.32 Å². The molecule has 0 aliphatic heterocycles. The summed E-state index contributed by atoms with van der Waals surface area (Å²) in [4.78, 5) is 11.1. The van der Waals surface area contributed by atoms with E-state index in [1.165, 1.54) is 0 Å². The maximum Gasteiger partial charge on any atom is 0.320 e. The molecule has 1 N–H and O–H groups in total. The zero-order valence-electron chi connectivity index (χ0n) is 9.25. The Morgan fingerprint density at radius 3 is 2.88 bits per heavy atom. The van der Waals surface area contributed by atoms with Crippen LogP contribution in [0.15, 0.2) is 18.2 Å². The number of halogens is 1. The van der Waals surface area contributed by atoms with Crippen LogP contribution in [-0.2, 0) is 16.1 Å². The van der Waals surface area contributed by atoms with E-state index in [0.717, 1.165) is 5.56 Å². The molecule has 0 unspecified atom stereocenters. The summed E-state index contributed by atoms with van der Waals surface area (Å²) in [6.45, 7) is 0.340. The quantitative estimate of drug-likeness (QED) is 0.799. The summed E-state index contributed by atoms with van der Waals surface area (Å²) in [6.07, 6.45) is 0. The normalized spacial score (nSPS) is 9.94. The molecule has 0 heterocycles. The van der Waals surface area contributed by atoms with Crippen LogP contribution in [0, 0.1) is 0 Å². The molecule has 5 heteroatoms. The topological polar surface area (TPSA) is 47.6 Å². The lowest BCUT2D eigenvalue weighted by atomic mass is 10.2. The molecule has 0 saturated heterocycles. The lowest BCUT2D eigenvalue weighted by Gasteiger charge is -2.09. The number of esters is 1. The van der Waals surface area contributed by atoms with Crippen LogP contribution in [0.1, 0.15) is 5.56 Å². The first-order chi connectivity index (χ1) is 7.67. The largest absolute Gasteiger partial charge is 0.496 e. The fraction of sp³-hybridized carbons (Fsp3) is 0.364. The predicted molar refractivity (Wildman–Crippen MR) is 61.7 cm³/mol. The van der Waals surface area contributed by atoms with Gasteiger partial charge in [0.25, 0.3) is 0 Å². The van der Waals surface area contributed by atoms with Gasteiger partial charge in [-0.3, -0.25) is 4.79 Å². The minimum atomic E-state index is -0.315. The molecule has 0 aliphatic rings. The number of methoxy groups -OCH3 is 1. The van der Waals surface area contributed by atoms with Crippen LogP contribution in [0.2, 0.25) is 5.02 Å². The molecule has 0 saturated carbocycles. The summed E-state index contributed by atoms with van der Waals surface area (Å²) in [5, 5.41) is 3.30. The lowest BCUT2D eigenvalue weighted by molar-refractivity contribution is -0.143. The van der Waals surface area contributed by atoms with Gasteiger partial charge in [0.15, 0.2) is 0 Å². The van der Waals surface area contributed by atoms with Crippen LogP contribution in [0.3, 0.4) is 0 Å². The number of nitrogens with one attached hydrogen (secondary N) is 1. The number of hydrogen-bond donors (Lipinski definition) is 1. The van der Waals surface area contributed by atoms with Crippen LogP contribution in [0.5, 0.6) is 5.75 Å². The summed E-state index contributed by atoms with van der Waals surface area (Å²) < 4.78 is 10.2. The number of ether oxygens (including phenoxy) is 2. The Kier molecular flexibility index (Phi) is 5.08. The molecule has 16 heavy (non-hydrogen) atoms. The smallest absolute Gasteiger partial charge is 0.320 e. The van der Waals surface area contributed by atoms with Gasteiger partial charge >= 0.3 is 5.97 Å². The fourth-order valence-electron chi connectivity index (χ4n) is 1.21. The highest BCUT2D eigenvalue weighted by atomic mass is 35.5. The number of hydrogen-bond acceptors (Lipinski definition) is 4. The van der Waals surface area contributed by atoms with E-state index in [2.05, 4.69) is 5.32 Å². The van der Waals surface area contributed by atoms with E-state index < -0.39 is 0 Å². The van der Waals surface area contributed by atoms with Crippen LogP contribution < -0.4 is 10.1 Å². The molecule has 0 atom stereocenters. The van der Waals surface area contributed by atoms with Gasteiger partial charge in [0.2, 0.25) is 0 Å². The van der Waals surface area contributed by atoms with E-state index in [0.29, 0.717) is 10.8 Å². The second-order valence-corrected chi connectivity index (χ2v) is 3.58. The molecule has 0 spiro atoms. The zero-order valence-corrected chi connectivity index (χ0v) is 10.0. The minimum absolute atomic E-state index is 0.157. The van der Waals surface area contributed by atoms with Crippen molar-refractivity contribution in [2.75, 3.05) is 20.7 Å². The second-order valence-electron chi connectivity index (χ2n) is 3.15. The average Bonchev–Trinajstić information content (AvgIpc) is 2.27. The van der Waals surface area contributed by atoms with Gasteiger partial charge in [-0.1, -0.05) is 11.6 Å². The molecule has 0 fully saturated rings. The SMILES string of the molecule is CNCC(=O)OCc1cc(Cl)ccc1OC. The average molecular weight is 244 g/mol. The van der Waals surface area contributed by atoms with Gasteiger partial charge in [-0.05, 0) is 25.2 Å². The van der Waals surface area contributed by atoms with Gasteiger partial charge in [-0.15, -0.1) is 0 Å². The zero-order chi connectivity index (χ0) is 12.0. The Bertz CT molecular complexity index is 368. The summed E-state index contributed by atoms with van der Waals surface area (Å²) in [5.41, 5.74) is 0.749. The molecular formula is C11H14ClNO3. The molecule has 1 rings (SSSR count). The molecule has 1 aromatic rings. The van der Waals surface area contributed by atoms with Crippen LogP contribution in [0.25, 0.3) is 0 Å². The van der Waals surface area contributed by atoms with E-state index >= 15 is 0 Å². The van der Waals surface area contributed by atoms with Gasteiger partial charge in [0.05, 0.1) is 13.7 Å². The molecule has 88 valence electrons. The molecule has 0 bridgehead atoms. The monoisotopic (exact) mass is 243 g/mol. The fourth-order valence-corrected chi connectivity index (χ4v) is 1.41. The van der Waals surface area contributed by atoms with Crippen molar-refractivity contribution in [2.45, 2.75) is 6.61 Å². The van der Waals surface area contributed by atoms with E-state index in [4.69, 9.17) is 21.1 Å². The van der Waals surface area contributed by atoms with Crippen molar-refractivity contribution in [3.05, 3.63) is 28.8 Å². The Morgan fingerprint density at radius 2 is 2.25 bits per heavy atom. The third-order valence-electron chi connectivity index (χ3n) is 1.95. The van der Waals surface area contributed by atoms with Gasteiger partial charge in [0.1, 0.15) is 12.4 Å². The number of likely N-dealkylation sites (N-methyl/N-ethyl adjacent to an activating group) is 1. The van der Waals surface area contributed by atoms with Crippen LogP contribution >= 0.6 is 11.6 Å². The number of rotatable bonds is 5. The molecule has 0 aliphatic carbocycles. The minimum Gasteiger partial charge on any atom is -0.496 e. The van der Waals surface area contributed by atoms with Crippen LogP contribution in [-0.4, -0.2) is 26.7 Å². The van der Waals surface area contributed by atoms with E-state index in [1.807, 2.05) is 0 Å². The van der Waals surface area contributed by atoms with Crippen molar-refractivity contribution < 1.29 is 14.3 Å². The molecule has 0 amide bonds. The highest BCUT2D eigenvalue weighted by Crippen LogP contribution is 2.23. The number of carbonyl (C=O) groups excluding carboxylic acids is 1. The summed E-state index contributed by atoms with van der Waals surface area (Å²) in [5.74, 6) is 0.339. The third-order valence-corrected chi connectivity index (χ3v) is 2.19. The molecule has 4 nitrogen and oxygen atoms in total. The van der Waals surface area contributed by atoms with Crippen molar-refractivity contribution >= 4 is 17.6 Å². The highest BCUT2D eigenvalue weighted by Gasteiger charge is 2.07. The molecule has 0 aromatic heterocycles. The summed E-state index contributed by atoms with van der Waals surface area (Å²) >= 11 is 5.84. The number of carbonyl (C=O) groups is 1. The van der Waals surface area contributed by atoms with Crippen molar-refractivity contribution in [3.8, 4) is 5.75 Å². The lowest BCUT2D eigenvalue weighted by Crippen LogP contribution is -2.20. The Labute approximate surface area is 99.5 Å². The summed E-state index contributed by atoms with van der Waals surface area (Å²) in [7, 11) is 3.24. The van der Waals surface area contributed by atoms with E-state index in [-0.39, 0.29) is 19.1 Å². The van der Waals surface area contributed by atoms with E-state index in [1.54, 1.807) is 32.4 Å². The van der Waals surface area contributed by atoms with Crippen molar-refractivity contribution in [3.63, 3.8) is 0 Å². The Hall–Kier alpha value is -1.26. The molecule has 1 aromatic carbocycles. The number of benzene rings is 1. The standard InChI is InChI=1S/C11H14ClNO3/c1-13-6-11(14)16-7-8-5-9(12)3-4-10(8)15-2/h3-5,13H,6-7H2,1-2H3. The maximum absolute atomic E-state index is 11.1. The third kappa shape index (κ3) is 3.72. The van der Waals surface area contributed by atoms with E-state index in [9.17, 15) is 4.79 Å². The van der Waals surface area contributed by atoms with Gasteiger partial charge in [0, 0.05) is 10.6 Å². The first kappa shape index (κ1) is 12.8. The van der Waals surface area contributed by atoms with Gasteiger partial charge in [-0.25, -0.2) is 0 Å². The van der Waals surface area contributed by atoms with Crippen molar-refractivity contribution in [1.29, 1.82) is 0 Å². The first-order valence-corrected chi connectivity index (χ1v) is 5.17. The maximum atomic E-state index is 11.1. The molecule has 0 radical (unpaired) electrons. The summed E-state index contributed by atoms with van der Waals surface area (Å²) in [6, 6.07) is 5.18. The second kappa shape index (κ2) is 6.35. The van der Waals surface area contributed by atoms with Gasteiger partial charge < -0.3 is 14.8 Å².